The first-order chi connectivity index (χ1) is 13.2. The molecule has 1 N–H and O–H groups in total. The summed E-state index contributed by atoms with van der Waals surface area (Å²) < 4.78 is 5.80. The minimum absolute atomic E-state index is 0.00505. The molecule has 136 valence electrons. The second kappa shape index (κ2) is 8.05. The largest absolute Gasteiger partial charge is 0.372 e. The second-order valence-corrected chi connectivity index (χ2v) is 8.41. The molecule has 0 radical (unpaired) electrons. The van der Waals surface area contributed by atoms with Crippen molar-refractivity contribution in [3.63, 3.8) is 0 Å². The highest BCUT2D eigenvalue weighted by molar-refractivity contribution is 7.16. The lowest BCUT2D eigenvalue weighted by atomic mass is 10.1. The highest BCUT2D eigenvalue weighted by Gasteiger charge is 2.24. The summed E-state index contributed by atoms with van der Waals surface area (Å²) in [4.78, 5) is 15.3. The van der Waals surface area contributed by atoms with Crippen LogP contribution in [0, 0.1) is 11.3 Å². The summed E-state index contributed by atoms with van der Waals surface area (Å²) in [7, 11) is 0. The van der Waals surface area contributed by atoms with E-state index >= 15 is 0 Å². The number of amides is 1. The molecule has 1 aliphatic heterocycles. The van der Waals surface area contributed by atoms with Crippen molar-refractivity contribution in [1.29, 1.82) is 5.26 Å². The van der Waals surface area contributed by atoms with Crippen LogP contribution in [0.4, 0.5) is 0 Å². The highest BCUT2D eigenvalue weighted by Crippen LogP contribution is 2.34. The van der Waals surface area contributed by atoms with E-state index in [2.05, 4.69) is 28.9 Å². The van der Waals surface area contributed by atoms with E-state index in [0.29, 0.717) is 24.4 Å². The van der Waals surface area contributed by atoms with Gasteiger partial charge >= 0.3 is 0 Å². The van der Waals surface area contributed by atoms with Crippen LogP contribution >= 0.6 is 22.7 Å². The molecule has 0 saturated heterocycles. The fourth-order valence-electron chi connectivity index (χ4n) is 3.20. The van der Waals surface area contributed by atoms with Crippen LogP contribution in [0.3, 0.4) is 0 Å². The number of thiophene rings is 2. The summed E-state index contributed by atoms with van der Waals surface area (Å²) in [6, 6.07) is 16.1. The van der Waals surface area contributed by atoms with Crippen LogP contribution in [0.1, 0.15) is 33.4 Å². The van der Waals surface area contributed by atoms with Gasteiger partial charge in [-0.25, -0.2) is 0 Å². The van der Waals surface area contributed by atoms with Gasteiger partial charge in [0.15, 0.2) is 0 Å². The summed E-state index contributed by atoms with van der Waals surface area (Å²) in [5.41, 5.74) is 3.41. The van der Waals surface area contributed by atoms with E-state index in [-0.39, 0.29) is 12.0 Å². The SMILES string of the molecule is N#Cc1ccc(-c2cccc(CNC(=O)C[C@@H]3OCCc4ccsc43)c2)s1. The number of ether oxygens (including phenoxy) is 1. The van der Waals surface area contributed by atoms with Gasteiger partial charge in [-0.1, -0.05) is 18.2 Å². The van der Waals surface area contributed by atoms with Crippen molar-refractivity contribution < 1.29 is 9.53 Å². The third-order valence-electron chi connectivity index (χ3n) is 4.55. The minimum atomic E-state index is -0.129. The van der Waals surface area contributed by atoms with Crippen LogP contribution < -0.4 is 5.32 Å². The van der Waals surface area contributed by atoms with Crippen LogP contribution in [-0.2, 0) is 22.5 Å². The van der Waals surface area contributed by atoms with Crippen molar-refractivity contribution in [2.75, 3.05) is 6.61 Å². The Labute approximate surface area is 166 Å². The van der Waals surface area contributed by atoms with Crippen molar-refractivity contribution in [2.45, 2.75) is 25.5 Å². The summed E-state index contributed by atoms with van der Waals surface area (Å²) in [5.74, 6) is -0.00505. The van der Waals surface area contributed by atoms with Gasteiger partial charge in [-0.05, 0) is 52.8 Å². The molecule has 1 atom stereocenters. The normalized spacial score (nSPS) is 15.7. The zero-order valence-corrected chi connectivity index (χ0v) is 16.2. The molecule has 0 bridgehead atoms. The number of carbonyl (C=O) groups excluding carboxylic acids is 1. The number of rotatable bonds is 5. The average Bonchev–Trinajstić information content (AvgIpc) is 3.36. The first-order valence-corrected chi connectivity index (χ1v) is 10.5. The fourth-order valence-corrected chi connectivity index (χ4v) is 5.01. The number of carbonyl (C=O) groups is 1. The molecule has 0 aliphatic carbocycles. The van der Waals surface area contributed by atoms with Crippen LogP contribution in [0.25, 0.3) is 10.4 Å². The van der Waals surface area contributed by atoms with Crippen LogP contribution in [0.5, 0.6) is 0 Å². The smallest absolute Gasteiger partial charge is 0.223 e. The maximum absolute atomic E-state index is 12.4. The zero-order chi connectivity index (χ0) is 18.6. The predicted molar refractivity (Wildman–Crippen MR) is 108 cm³/mol. The molecule has 2 aromatic heterocycles. The molecule has 0 fully saturated rings. The Morgan fingerprint density at radius 3 is 3.07 bits per heavy atom. The van der Waals surface area contributed by atoms with Crippen molar-refractivity contribution in [2.24, 2.45) is 0 Å². The van der Waals surface area contributed by atoms with Crippen molar-refractivity contribution in [1.82, 2.24) is 5.32 Å². The molecule has 1 aromatic carbocycles. The van der Waals surface area contributed by atoms with Gasteiger partial charge in [0.05, 0.1) is 13.0 Å². The van der Waals surface area contributed by atoms with E-state index in [1.54, 1.807) is 11.3 Å². The van der Waals surface area contributed by atoms with Gasteiger partial charge in [0.25, 0.3) is 0 Å². The molecule has 0 saturated carbocycles. The lowest BCUT2D eigenvalue weighted by Crippen LogP contribution is -2.26. The molecule has 0 unspecified atom stereocenters. The molecular formula is C21H18N2O2S2. The number of hydrogen-bond donors (Lipinski definition) is 1. The summed E-state index contributed by atoms with van der Waals surface area (Å²) in [6.07, 6.45) is 1.15. The van der Waals surface area contributed by atoms with Crippen LogP contribution in [0.2, 0.25) is 0 Å². The standard InChI is InChI=1S/C21H18N2O2S2/c22-12-17-4-5-19(27-17)16-3-1-2-14(10-16)13-23-20(24)11-18-21-15(6-8-25-18)7-9-26-21/h1-5,7,9-10,18H,6,8,11,13H2,(H,23,24)/t18-/m0/s1. The van der Waals surface area contributed by atoms with E-state index in [1.807, 2.05) is 30.3 Å². The molecule has 6 heteroatoms. The van der Waals surface area contributed by atoms with Crippen LogP contribution in [-0.4, -0.2) is 12.5 Å². The Hall–Kier alpha value is -2.46. The molecule has 27 heavy (non-hydrogen) atoms. The van der Waals surface area contributed by atoms with Gasteiger partial charge in [-0.2, -0.15) is 5.26 Å². The maximum atomic E-state index is 12.4. The van der Waals surface area contributed by atoms with Gasteiger partial charge in [-0.15, -0.1) is 22.7 Å². The van der Waals surface area contributed by atoms with E-state index < -0.39 is 0 Å². The Morgan fingerprint density at radius 2 is 2.22 bits per heavy atom. The Kier molecular flexibility index (Phi) is 5.35. The Morgan fingerprint density at radius 1 is 1.30 bits per heavy atom. The Balaban J connectivity index is 1.37. The summed E-state index contributed by atoms with van der Waals surface area (Å²) >= 11 is 3.14. The molecule has 4 nitrogen and oxygen atoms in total. The zero-order valence-electron chi connectivity index (χ0n) is 14.6. The third kappa shape index (κ3) is 4.11. The second-order valence-electron chi connectivity index (χ2n) is 6.38. The monoisotopic (exact) mass is 394 g/mol. The van der Waals surface area contributed by atoms with Gasteiger partial charge in [-0.3, -0.25) is 4.79 Å². The number of benzene rings is 1. The highest BCUT2D eigenvalue weighted by atomic mass is 32.1. The maximum Gasteiger partial charge on any atom is 0.223 e. The number of nitriles is 1. The lowest BCUT2D eigenvalue weighted by molar-refractivity contribution is -0.124. The molecule has 4 rings (SSSR count). The van der Waals surface area contributed by atoms with Crippen LogP contribution in [0.15, 0.2) is 47.8 Å². The van der Waals surface area contributed by atoms with Gasteiger partial charge < -0.3 is 10.1 Å². The summed E-state index contributed by atoms with van der Waals surface area (Å²) in [6.45, 7) is 1.16. The van der Waals surface area contributed by atoms with E-state index in [4.69, 9.17) is 10.00 Å². The Bertz CT molecular complexity index is 1000. The molecular weight excluding hydrogens is 376 g/mol. The molecule has 0 spiro atoms. The topological polar surface area (TPSA) is 62.1 Å². The van der Waals surface area contributed by atoms with Crippen molar-refractivity contribution in [3.8, 4) is 16.5 Å². The number of hydrogen-bond acceptors (Lipinski definition) is 5. The first-order valence-electron chi connectivity index (χ1n) is 8.77. The third-order valence-corrected chi connectivity index (χ3v) is 6.64. The fraction of sp³-hybridized carbons (Fsp3) is 0.238. The minimum Gasteiger partial charge on any atom is -0.372 e. The van der Waals surface area contributed by atoms with Gasteiger partial charge in [0, 0.05) is 16.3 Å². The van der Waals surface area contributed by atoms with Gasteiger partial charge in [0.1, 0.15) is 17.1 Å². The number of nitrogens with zero attached hydrogens (tertiary/aromatic N) is 1. The van der Waals surface area contributed by atoms with Crippen molar-refractivity contribution in [3.05, 3.63) is 68.7 Å². The average molecular weight is 395 g/mol. The first kappa shape index (κ1) is 17.9. The van der Waals surface area contributed by atoms with E-state index in [9.17, 15) is 4.79 Å². The quantitative estimate of drug-likeness (QED) is 0.684. The van der Waals surface area contributed by atoms with E-state index in [0.717, 1.165) is 22.4 Å². The predicted octanol–water partition coefficient (Wildman–Crippen LogP) is 4.67. The molecule has 3 aromatic rings. The van der Waals surface area contributed by atoms with Gasteiger partial charge in [0.2, 0.25) is 5.91 Å². The summed E-state index contributed by atoms with van der Waals surface area (Å²) in [5, 5.41) is 14.1. The van der Waals surface area contributed by atoms with E-state index in [1.165, 1.54) is 21.8 Å². The lowest BCUT2D eigenvalue weighted by Gasteiger charge is -2.22. The van der Waals surface area contributed by atoms with Crippen molar-refractivity contribution >= 4 is 28.6 Å². The number of fused-ring (bicyclic) bond motifs is 1. The molecule has 3 heterocycles. The molecule has 1 amide bonds. The number of nitrogens with one attached hydrogen (secondary N) is 1. The molecule has 1 aliphatic rings.